The van der Waals surface area contributed by atoms with Crippen molar-refractivity contribution >= 4 is 14.0 Å². The van der Waals surface area contributed by atoms with Crippen LogP contribution in [0.4, 0.5) is 0 Å². The van der Waals surface area contributed by atoms with Crippen LogP contribution in [0.3, 0.4) is 0 Å². The molecule has 0 rings (SSSR count). The van der Waals surface area contributed by atoms with Crippen molar-refractivity contribution in [1.82, 2.24) is 0 Å². The summed E-state index contributed by atoms with van der Waals surface area (Å²) < 4.78 is 4.56. The normalized spacial score (nSPS) is 9.67. The molecule has 9 heavy (non-hydrogen) atoms. The van der Waals surface area contributed by atoms with Gasteiger partial charge >= 0.3 is 8.05 Å². The summed E-state index contributed by atoms with van der Waals surface area (Å²) in [6, 6.07) is 0. The SMILES string of the molecule is BOC(=O)C(CC)CC. The summed E-state index contributed by atoms with van der Waals surface area (Å²) in [6.45, 7) is 3.98. The van der Waals surface area contributed by atoms with Gasteiger partial charge in [0.05, 0.1) is 5.92 Å². The van der Waals surface area contributed by atoms with Crippen molar-refractivity contribution in [1.29, 1.82) is 0 Å². The largest absolute Gasteiger partial charge is 0.543 e. The Morgan fingerprint density at radius 1 is 1.56 bits per heavy atom. The third kappa shape index (κ3) is 2.54. The van der Waals surface area contributed by atoms with E-state index < -0.39 is 0 Å². The van der Waals surface area contributed by atoms with Gasteiger partial charge < -0.3 is 4.65 Å². The standard InChI is InChI=1S/C6H13BO2/c1-3-5(4-2)6(8)9-7/h5H,3-4,7H2,1-2H3. The predicted octanol–water partition coefficient (Wildman–Crippen LogP) is 0.514. The monoisotopic (exact) mass is 128 g/mol. The van der Waals surface area contributed by atoms with E-state index in [2.05, 4.69) is 4.65 Å². The number of carbonyl (C=O) groups is 1. The molecule has 0 bridgehead atoms. The van der Waals surface area contributed by atoms with Crippen LogP contribution in [-0.4, -0.2) is 14.0 Å². The second-order valence-corrected chi connectivity index (χ2v) is 2.04. The Labute approximate surface area is 57.0 Å². The average molecular weight is 128 g/mol. The Hall–Kier alpha value is -0.465. The molecule has 0 saturated heterocycles. The maximum atomic E-state index is 10.8. The first kappa shape index (κ1) is 8.53. The van der Waals surface area contributed by atoms with Crippen molar-refractivity contribution in [3.05, 3.63) is 0 Å². The minimum atomic E-state index is -0.0833. The second kappa shape index (κ2) is 4.42. The molecule has 0 radical (unpaired) electrons. The van der Waals surface area contributed by atoms with Gasteiger partial charge in [0, 0.05) is 0 Å². The van der Waals surface area contributed by atoms with E-state index in [1.54, 1.807) is 0 Å². The molecule has 2 nitrogen and oxygen atoms in total. The summed E-state index contributed by atoms with van der Waals surface area (Å²) in [5.74, 6) is 0.0231. The first-order valence-corrected chi connectivity index (χ1v) is 3.34. The van der Waals surface area contributed by atoms with E-state index in [0.717, 1.165) is 12.8 Å². The molecule has 0 spiro atoms. The van der Waals surface area contributed by atoms with E-state index >= 15 is 0 Å². The maximum absolute atomic E-state index is 10.8. The van der Waals surface area contributed by atoms with Crippen LogP contribution in [-0.2, 0) is 9.45 Å². The van der Waals surface area contributed by atoms with Crippen LogP contribution < -0.4 is 0 Å². The number of rotatable bonds is 3. The first-order chi connectivity index (χ1) is 4.26. The van der Waals surface area contributed by atoms with Crippen molar-refractivity contribution in [2.45, 2.75) is 26.7 Å². The lowest BCUT2D eigenvalue weighted by atomic mass is 10.0. The van der Waals surface area contributed by atoms with Crippen molar-refractivity contribution in [2.24, 2.45) is 5.92 Å². The molecule has 0 atom stereocenters. The first-order valence-electron chi connectivity index (χ1n) is 3.34. The minimum absolute atomic E-state index is 0.0833. The molecule has 0 aliphatic rings. The van der Waals surface area contributed by atoms with Gasteiger partial charge in [-0.3, -0.25) is 4.79 Å². The Bertz CT molecular complexity index is 89.1. The fourth-order valence-corrected chi connectivity index (χ4v) is 0.789. The molecule has 3 heteroatoms. The van der Waals surface area contributed by atoms with Gasteiger partial charge in [0.1, 0.15) is 0 Å². The van der Waals surface area contributed by atoms with Gasteiger partial charge in [0.25, 0.3) is 5.97 Å². The zero-order chi connectivity index (χ0) is 7.28. The highest BCUT2D eigenvalue weighted by Crippen LogP contribution is 2.07. The van der Waals surface area contributed by atoms with E-state index in [4.69, 9.17) is 0 Å². The third-order valence-electron chi connectivity index (χ3n) is 1.52. The molecule has 0 fully saturated rings. The topological polar surface area (TPSA) is 26.3 Å². The molecular weight excluding hydrogens is 115 g/mol. The summed E-state index contributed by atoms with van der Waals surface area (Å²) in [6.07, 6.45) is 1.76. The van der Waals surface area contributed by atoms with Crippen LogP contribution in [0.5, 0.6) is 0 Å². The van der Waals surface area contributed by atoms with Crippen LogP contribution in [0.1, 0.15) is 26.7 Å². The minimum Gasteiger partial charge on any atom is -0.543 e. The molecule has 0 aliphatic carbocycles. The number of hydrogen-bond donors (Lipinski definition) is 0. The van der Waals surface area contributed by atoms with E-state index in [0.29, 0.717) is 0 Å². The maximum Gasteiger partial charge on any atom is 0.325 e. The van der Waals surface area contributed by atoms with Crippen molar-refractivity contribution in [2.75, 3.05) is 0 Å². The van der Waals surface area contributed by atoms with Gasteiger partial charge in [-0.2, -0.15) is 0 Å². The third-order valence-corrected chi connectivity index (χ3v) is 1.52. The van der Waals surface area contributed by atoms with Gasteiger partial charge in [-0.1, -0.05) is 13.8 Å². The summed E-state index contributed by atoms with van der Waals surface area (Å²) in [4.78, 5) is 10.8. The van der Waals surface area contributed by atoms with Crippen molar-refractivity contribution in [3.63, 3.8) is 0 Å². The summed E-state index contributed by atoms with van der Waals surface area (Å²) in [5, 5.41) is 0. The molecule has 0 aromatic rings. The molecule has 0 amide bonds. The molecule has 0 saturated carbocycles. The Balaban J connectivity index is 3.64. The van der Waals surface area contributed by atoms with Crippen LogP contribution >= 0.6 is 0 Å². The van der Waals surface area contributed by atoms with Crippen LogP contribution in [0.2, 0.25) is 0 Å². The van der Waals surface area contributed by atoms with Gasteiger partial charge in [-0.25, -0.2) is 0 Å². The van der Waals surface area contributed by atoms with Gasteiger partial charge in [-0.15, -0.1) is 0 Å². The molecule has 0 unspecified atom stereocenters. The van der Waals surface area contributed by atoms with E-state index in [1.165, 1.54) is 8.05 Å². The van der Waals surface area contributed by atoms with Crippen molar-refractivity contribution in [3.8, 4) is 0 Å². The highest BCUT2D eigenvalue weighted by molar-refractivity contribution is 6.05. The summed E-state index contributed by atoms with van der Waals surface area (Å²) in [7, 11) is 1.43. The number of hydrogen-bond acceptors (Lipinski definition) is 2. The van der Waals surface area contributed by atoms with Crippen LogP contribution in [0.25, 0.3) is 0 Å². The molecule has 0 N–H and O–H groups in total. The molecular formula is C6H13BO2. The van der Waals surface area contributed by atoms with E-state index in [-0.39, 0.29) is 11.9 Å². The lowest BCUT2D eigenvalue weighted by Crippen LogP contribution is -2.14. The zero-order valence-corrected chi connectivity index (χ0v) is 6.31. The lowest BCUT2D eigenvalue weighted by molar-refractivity contribution is -0.138. The fourth-order valence-electron chi connectivity index (χ4n) is 0.789. The second-order valence-electron chi connectivity index (χ2n) is 2.04. The summed E-state index contributed by atoms with van der Waals surface area (Å²) in [5.41, 5.74) is 0. The Kier molecular flexibility index (Phi) is 4.19. The quantitative estimate of drug-likeness (QED) is 0.517. The highest BCUT2D eigenvalue weighted by atomic mass is 16.5. The predicted molar refractivity (Wildman–Crippen MR) is 38.7 cm³/mol. The van der Waals surface area contributed by atoms with Gasteiger partial charge in [0.15, 0.2) is 0 Å². The lowest BCUT2D eigenvalue weighted by Gasteiger charge is -2.08. The van der Waals surface area contributed by atoms with Crippen LogP contribution in [0, 0.1) is 5.92 Å². The molecule has 52 valence electrons. The molecule has 0 aromatic heterocycles. The molecule has 0 heterocycles. The van der Waals surface area contributed by atoms with Crippen molar-refractivity contribution < 1.29 is 9.45 Å². The Morgan fingerprint density at radius 3 is 2.11 bits per heavy atom. The van der Waals surface area contributed by atoms with E-state index in [9.17, 15) is 4.79 Å². The fraction of sp³-hybridized carbons (Fsp3) is 0.833. The molecule has 0 aromatic carbocycles. The van der Waals surface area contributed by atoms with E-state index in [1.807, 2.05) is 13.8 Å². The average Bonchev–Trinajstić information content (AvgIpc) is 1.90. The van der Waals surface area contributed by atoms with Gasteiger partial charge in [0.2, 0.25) is 0 Å². The smallest absolute Gasteiger partial charge is 0.325 e. The highest BCUT2D eigenvalue weighted by Gasteiger charge is 2.12. The number of carbonyl (C=O) groups excluding carboxylic acids is 1. The Morgan fingerprint density at radius 2 is 2.00 bits per heavy atom. The van der Waals surface area contributed by atoms with Gasteiger partial charge in [-0.05, 0) is 12.8 Å². The molecule has 0 aliphatic heterocycles. The summed E-state index contributed by atoms with van der Waals surface area (Å²) >= 11 is 0. The van der Waals surface area contributed by atoms with Crippen LogP contribution in [0.15, 0.2) is 0 Å². The zero-order valence-electron chi connectivity index (χ0n) is 6.31.